The van der Waals surface area contributed by atoms with E-state index in [0.717, 1.165) is 6.54 Å². The number of aliphatic hydroxyl groups excluding tert-OH is 1. The van der Waals surface area contributed by atoms with Crippen LogP contribution in [0.2, 0.25) is 0 Å². The van der Waals surface area contributed by atoms with E-state index in [-0.39, 0.29) is 11.3 Å². The molecule has 82 valence electrons. The fourth-order valence-corrected chi connectivity index (χ4v) is 1.63. The molecular weight excluding hydrogens is 178 g/mol. The van der Waals surface area contributed by atoms with E-state index in [0.29, 0.717) is 18.9 Å². The SMILES string of the molecule is CC1CC(=O)N(CC(O)C(C)(C)C)C1. The number of likely N-dealkylation sites (tertiary alicyclic amines) is 1. The van der Waals surface area contributed by atoms with Crippen LogP contribution in [0.5, 0.6) is 0 Å². The number of carbonyl (C=O) groups is 1. The van der Waals surface area contributed by atoms with Gasteiger partial charge in [0.05, 0.1) is 6.10 Å². The molecule has 1 aliphatic rings. The molecular formula is C11H21NO2. The highest BCUT2D eigenvalue weighted by molar-refractivity contribution is 5.78. The van der Waals surface area contributed by atoms with Crippen LogP contribution in [-0.2, 0) is 4.79 Å². The molecule has 0 spiro atoms. The maximum Gasteiger partial charge on any atom is 0.223 e. The second-order valence-electron chi connectivity index (χ2n) is 5.49. The summed E-state index contributed by atoms with van der Waals surface area (Å²) in [5.41, 5.74) is -0.147. The quantitative estimate of drug-likeness (QED) is 0.727. The zero-order valence-corrected chi connectivity index (χ0v) is 9.58. The van der Waals surface area contributed by atoms with E-state index in [1.807, 2.05) is 20.8 Å². The monoisotopic (exact) mass is 199 g/mol. The average Bonchev–Trinajstić information content (AvgIpc) is 2.28. The van der Waals surface area contributed by atoms with Gasteiger partial charge in [0.25, 0.3) is 0 Å². The highest BCUT2D eigenvalue weighted by Crippen LogP contribution is 2.23. The number of β-amino-alcohol motifs (C(OH)–C–C–N with tert-alkyl or cyclic N) is 1. The molecule has 1 rings (SSSR count). The summed E-state index contributed by atoms with van der Waals surface area (Å²) in [5, 5.41) is 9.86. The van der Waals surface area contributed by atoms with Crippen molar-refractivity contribution in [1.82, 2.24) is 4.90 Å². The molecule has 1 heterocycles. The second kappa shape index (κ2) is 3.89. The van der Waals surface area contributed by atoms with Crippen molar-refractivity contribution in [1.29, 1.82) is 0 Å². The number of hydrogen-bond acceptors (Lipinski definition) is 2. The summed E-state index contributed by atoms with van der Waals surface area (Å²) >= 11 is 0. The van der Waals surface area contributed by atoms with E-state index in [9.17, 15) is 9.90 Å². The summed E-state index contributed by atoms with van der Waals surface area (Å²) < 4.78 is 0. The average molecular weight is 199 g/mol. The van der Waals surface area contributed by atoms with E-state index in [1.165, 1.54) is 0 Å². The van der Waals surface area contributed by atoms with E-state index in [1.54, 1.807) is 4.90 Å². The van der Waals surface area contributed by atoms with Gasteiger partial charge in [-0.3, -0.25) is 4.79 Å². The van der Waals surface area contributed by atoms with Crippen LogP contribution in [0, 0.1) is 11.3 Å². The second-order valence-corrected chi connectivity index (χ2v) is 5.49. The molecule has 3 heteroatoms. The van der Waals surface area contributed by atoms with Gasteiger partial charge in [-0.05, 0) is 11.3 Å². The minimum atomic E-state index is -0.434. The molecule has 0 bridgehead atoms. The Hall–Kier alpha value is -0.570. The van der Waals surface area contributed by atoms with E-state index < -0.39 is 6.10 Å². The van der Waals surface area contributed by atoms with Crippen LogP contribution in [0.1, 0.15) is 34.1 Å². The summed E-state index contributed by atoms with van der Waals surface area (Å²) in [6, 6.07) is 0. The summed E-state index contributed by atoms with van der Waals surface area (Å²) in [5.74, 6) is 0.621. The van der Waals surface area contributed by atoms with E-state index in [4.69, 9.17) is 0 Å². The third kappa shape index (κ3) is 2.71. The Kier molecular flexibility index (Phi) is 3.20. The van der Waals surface area contributed by atoms with Gasteiger partial charge in [-0.15, -0.1) is 0 Å². The zero-order chi connectivity index (χ0) is 10.9. The highest BCUT2D eigenvalue weighted by atomic mass is 16.3. The summed E-state index contributed by atoms with van der Waals surface area (Å²) in [4.78, 5) is 13.2. The first-order chi connectivity index (χ1) is 6.30. The maximum atomic E-state index is 11.5. The Labute approximate surface area is 86.1 Å². The highest BCUT2D eigenvalue weighted by Gasteiger charge is 2.31. The lowest BCUT2D eigenvalue weighted by Crippen LogP contribution is -2.40. The van der Waals surface area contributed by atoms with Crippen LogP contribution < -0.4 is 0 Å². The van der Waals surface area contributed by atoms with Gasteiger partial charge in [0.1, 0.15) is 0 Å². The largest absolute Gasteiger partial charge is 0.391 e. The minimum absolute atomic E-state index is 0.147. The molecule has 1 N–H and O–H groups in total. The Morgan fingerprint density at radius 2 is 2.14 bits per heavy atom. The fourth-order valence-electron chi connectivity index (χ4n) is 1.63. The summed E-state index contributed by atoms with van der Waals surface area (Å²) in [7, 11) is 0. The Bertz CT molecular complexity index is 220. The summed E-state index contributed by atoms with van der Waals surface area (Å²) in [6.07, 6.45) is 0.202. The first-order valence-electron chi connectivity index (χ1n) is 5.26. The molecule has 0 radical (unpaired) electrons. The van der Waals surface area contributed by atoms with Gasteiger partial charge in [0, 0.05) is 19.5 Å². The molecule has 0 saturated carbocycles. The fraction of sp³-hybridized carbons (Fsp3) is 0.909. The first kappa shape index (κ1) is 11.5. The smallest absolute Gasteiger partial charge is 0.223 e. The standard InChI is InChI=1S/C11H21NO2/c1-8-5-10(14)12(6-8)7-9(13)11(2,3)4/h8-9,13H,5-7H2,1-4H3. The van der Waals surface area contributed by atoms with Gasteiger partial charge >= 0.3 is 0 Å². The first-order valence-corrected chi connectivity index (χ1v) is 5.26. The lowest BCUT2D eigenvalue weighted by Gasteiger charge is -2.29. The van der Waals surface area contributed by atoms with Crippen molar-refractivity contribution in [2.24, 2.45) is 11.3 Å². The van der Waals surface area contributed by atoms with Crippen molar-refractivity contribution >= 4 is 5.91 Å². The van der Waals surface area contributed by atoms with Crippen LogP contribution in [0.15, 0.2) is 0 Å². The van der Waals surface area contributed by atoms with E-state index in [2.05, 4.69) is 6.92 Å². The Morgan fingerprint density at radius 3 is 2.50 bits per heavy atom. The topological polar surface area (TPSA) is 40.5 Å². The number of rotatable bonds is 2. The van der Waals surface area contributed by atoms with Crippen molar-refractivity contribution in [3.05, 3.63) is 0 Å². The van der Waals surface area contributed by atoms with Crippen molar-refractivity contribution in [3.8, 4) is 0 Å². The molecule has 0 aliphatic carbocycles. The van der Waals surface area contributed by atoms with Crippen LogP contribution in [-0.4, -0.2) is 35.1 Å². The Balaban J connectivity index is 2.49. The number of amides is 1. The normalized spacial score (nSPS) is 25.6. The number of carbonyl (C=O) groups excluding carboxylic acids is 1. The van der Waals surface area contributed by atoms with Gasteiger partial charge in [-0.1, -0.05) is 27.7 Å². The van der Waals surface area contributed by atoms with Crippen molar-refractivity contribution in [2.45, 2.75) is 40.2 Å². The third-order valence-electron chi connectivity index (χ3n) is 2.80. The van der Waals surface area contributed by atoms with Crippen LogP contribution >= 0.6 is 0 Å². The van der Waals surface area contributed by atoms with Gasteiger partial charge < -0.3 is 10.0 Å². The molecule has 1 saturated heterocycles. The Morgan fingerprint density at radius 1 is 1.57 bits per heavy atom. The van der Waals surface area contributed by atoms with Crippen molar-refractivity contribution in [3.63, 3.8) is 0 Å². The summed E-state index contributed by atoms with van der Waals surface area (Å²) in [6.45, 7) is 9.31. The number of nitrogens with zero attached hydrogens (tertiary/aromatic N) is 1. The molecule has 3 nitrogen and oxygen atoms in total. The van der Waals surface area contributed by atoms with Crippen molar-refractivity contribution < 1.29 is 9.90 Å². The van der Waals surface area contributed by atoms with Crippen LogP contribution in [0.4, 0.5) is 0 Å². The van der Waals surface area contributed by atoms with Gasteiger partial charge in [0.2, 0.25) is 5.91 Å². The van der Waals surface area contributed by atoms with Crippen LogP contribution in [0.25, 0.3) is 0 Å². The maximum absolute atomic E-state index is 11.5. The van der Waals surface area contributed by atoms with Gasteiger partial charge in [-0.2, -0.15) is 0 Å². The minimum Gasteiger partial charge on any atom is -0.391 e. The molecule has 0 aromatic carbocycles. The molecule has 0 aromatic heterocycles. The molecule has 0 aromatic rings. The molecule has 1 fully saturated rings. The predicted octanol–water partition coefficient (Wildman–Crippen LogP) is 1.26. The van der Waals surface area contributed by atoms with Gasteiger partial charge in [0.15, 0.2) is 0 Å². The van der Waals surface area contributed by atoms with E-state index >= 15 is 0 Å². The van der Waals surface area contributed by atoms with Crippen molar-refractivity contribution in [2.75, 3.05) is 13.1 Å². The molecule has 1 amide bonds. The lowest BCUT2D eigenvalue weighted by molar-refractivity contribution is -0.129. The number of aliphatic hydroxyl groups is 1. The molecule has 2 atom stereocenters. The number of hydrogen-bond donors (Lipinski definition) is 1. The molecule has 2 unspecified atom stereocenters. The van der Waals surface area contributed by atoms with Gasteiger partial charge in [-0.25, -0.2) is 0 Å². The molecule has 1 aliphatic heterocycles. The third-order valence-corrected chi connectivity index (χ3v) is 2.80. The lowest BCUT2D eigenvalue weighted by atomic mass is 9.89. The molecule has 14 heavy (non-hydrogen) atoms. The van der Waals surface area contributed by atoms with Crippen LogP contribution in [0.3, 0.4) is 0 Å². The zero-order valence-electron chi connectivity index (χ0n) is 9.58. The predicted molar refractivity (Wildman–Crippen MR) is 55.8 cm³/mol.